The third-order valence-corrected chi connectivity index (χ3v) is 7.76. The Balaban J connectivity index is 2.05. The summed E-state index contributed by atoms with van der Waals surface area (Å²) in [7, 11) is -7.12. The van der Waals surface area contributed by atoms with Gasteiger partial charge in [0.25, 0.3) is 10.2 Å². The average Bonchev–Trinajstić information content (AvgIpc) is 2.78. The Morgan fingerprint density at radius 2 is 1.63 bits per heavy atom. The highest BCUT2D eigenvalue weighted by Crippen LogP contribution is 2.59. The first kappa shape index (κ1) is 29.0. The first-order valence-corrected chi connectivity index (χ1v) is 13.8. The topological polar surface area (TPSA) is 136 Å². The van der Waals surface area contributed by atoms with Crippen molar-refractivity contribution in [2.24, 2.45) is 0 Å². The monoisotopic (exact) mass is 533 g/mol. The van der Waals surface area contributed by atoms with Gasteiger partial charge in [-0.2, -0.15) is 26.2 Å². The molecule has 0 heterocycles. The number of halogens is 2. The maximum Gasteiger partial charge on any atom is 0.399 e. The molecule has 0 aliphatic rings. The first-order chi connectivity index (χ1) is 16.2. The van der Waals surface area contributed by atoms with E-state index in [1.54, 1.807) is 0 Å². The number of unbranched alkanes of at least 4 members (excludes halogenated alkanes) is 1. The van der Waals surface area contributed by atoms with Crippen molar-refractivity contribution in [1.29, 1.82) is 0 Å². The minimum absolute atomic E-state index is 0.162. The number of alkyl halides is 2. The number of hydrogen-bond donors (Lipinski definition) is 4. The molecule has 0 saturated heterocycles. The van der Waals surface area contributed by atoms with Gasteiger partial charge in [-0.3, -0.25) is 9.36 Å². The van der Waals surface area contributed by atoms with Gasteiger partial charge in [-0.15, -0.1) is 0 Å². The van der Waals surface area contributed by atoms with E-state index in [0.29, 0.717) is 18.5 Å². The number of nitrogens with one attached hydrogen (secondary N) is 2. The average molecular weight is 534 g/mol. The summed E-state index contributed by atoms with van der Waals surface area (Å²) >= 11 is 0. The van der Waals surface area contributed by atoms with E-state index in [4.69, 9.17) is 9.79 Å². The third-order valence-electron chi connectivity index (χ3n) is 5.23. The molecule has 0 unspecified atom stereocenters. The molecule has 2 rings (SSSR count). The van der Waals surface area contributed by atoms with Gasteiger partial charge in [0, 0.05) is 26.2 Å². The Morgan fingerprint density at radius 3 is 2.17 bits per heavy atom. The van der Waals surface area contributed by atoms with Crippen LogP contribution >= 0.6 is 7.60 Å². The molecular weight excluding hydrogens is 503 g/mol. The van der Waals surface area contributed by atoms with E-state index in [2.05, 4.69) is 10.0 Å². The Morgan fingerprint density at radius 1 is 1.03 bits per heavy atom. The van der Waals surface area contributed by atoms with Crippen LogP contribution in [0.2, 0.25) is 0 Å². The molecule has 194 valence electrons. The molecule has 1 atom stereocenters. The maximum atomic E-state index is 13.9. The van der Waals surface area contributed by atoms with E-state index in [1.807, 2.05) is 30.3 Å². The van der Waals surface area contributed by atoms with Gasteiger partial charge in [-0.1, -0.05) is 54.6 Å². The van der Waals surface area contributed by atoms with Gasteiger partial charge in [0.05, 0.1) is 0 Å². The second-order valence-electron chi connectivity index (χ2n) is 8.18. The van der Waals surface area contributed by atoms with Crippen LogP contribution in [0.25, 0.3) is 0 Å². The normalized spacial score (nSPS) is 13.6. The molecule has 0 spiro atoms. The number of aryl methyl sites for hydroxylation is 1. The SMILES string of the molecule is CN(C)S(=O)(=O)N[C@@H](Cc1ccc(C(F)(F)P(=O)(O)O)cc1)C(=O)NCCCCc1ccccc1. The van der Waals surface area contributed by atoms with Crippen molar-refractivity contribution >= 4 is 23.7 Å². The number of benzene rings is 2. The van der Waals surface area contributed by atoms with Crippen LogP contribution in [0.5, 0.6) is 0 Å². The van der Waals surface area contributed by atoms with Crippen molar-refractivity contribution in [1.82, 2.24) is 14.3 Å². The van der Waals surface area contributed by atoms with Crippen LogP contribution < -0.4 is 10.0 Å². The summed E-state index contributed by atoms with van der Waals surface area (Å²) in [6.45, 7) is 0.319. The minimum Gasteiger partial charge on any atom is -0.355 e. The van der Waals surface area contributed by atoms with E-state index in [-0.39, 0.29) is 6.42 Å². The van der Waals surface area contributed by atoms with Crippen LogP contribution in [0, 0.1) is 0 Å². The Bertz CT molecular complexity index is 1130. The number of hydrogen-bond acceptors (Lipinski definition) is 4. The van der Waals surface area contributed by atoms with Gasteiger partial charge in [0.1, 0.15) is 6.04 Å². The van der Waals surface area contributed by atoms with Crippen LogP contribution in [0.1, 0.15) is 29.5 Å². The van der Waals surface area contributed by atoms with Crippen molar-refractivity contribution in [2.75, 3.05) is 20.6 Å². The van der Waals surface area contributed by atoms with Crippen LogP contribution in [-0.4, -0.2) is 55.1 Å². The van der Waals surface area contributed by atoms with E-state index in [9.17, 15) is 26.6 Å². The molecule has 0 saturated carbocycles. The molecule has 0 aliphatic carbocycles. The van der Waals surface area contributed by atoms with E-state index >= 15 is 0 Å². The number of amides is 1. The molecule has 9 nitrogen and oxygen atoms in total. The van der Waals surface area contributed by atoms with Gasteiger partial charge in [0.2, 0.25) is 5.91 Å². The lowest BCUT2D eigenvalue weighted by Gasteiger charge is -2.22. The standard InChI is InChI=1S/C22H30F2N3O6PS/c1-27(2)35(32,33)26-20(21(28)25-15-7-6-10-17-8-4-3-5-9-17)16-18-11-13-19(14-12-18)22(23,24)34(29,30)31/h3-5,8-9,11-14,20,26H,6-7,10,15-16H2,1-2H3,(H,25,28)(H2,29,30,31)/t20-/m0/s1. The predicted molar refractivity (Wildman–Crippen MR) is 128 cm³/mol. The van der Waals surface area contributed by atoms with E-state index < -0.39 is 41.0 Å². The zero-order valence-corrected chi connectivity index (χ0v) is 21.1. The largest absolute Gasteiger partial charge is 0.399 e. The molecule has 1 amide bonds. The van der Waals surface area contributed by atoms with Crippen LogP contribution in [-0.2, 0) is 38.1 Å². The smallest absolute Gasteiger partial charge is 0.355 e. The summed E-state index contributed by atoms with van der Waals surface area (Å²) in [5.74, 6) is -0.584. The highest BCUT2D eigenvalue weighted by Gasteiger charge is 2.50. The second-order valence-corrected chi connectivity index (χ2v) is 11.7. The minimum atomic E-state index is -5.72. The zero-order chi connectivity index (χ0) is 26.3. The Hall–Kier alpha value is -2.21. The van der Waals surface area contributed by atoms with Crippen LogP contribution in [0.3, 0.4) is 0 Å². The van der Waals surface area contributed by atoms with Crippen molar-refractivity contribution in [3.05, 3.63) is 71.3 Å². The van der Waals surface area contributed by atoms with E-state index in [1.165, 1.54) is 31.8 Å². The van der Waals surface area contributed by atoms with Crippen molar-refractivity contribution in [3.8, 4) is 0 Å². The molecule has 13 heteroatoms. The molecule has 0 aromatic heterocycles. The summed E-state index contributed by atoms with van der Waals surface area (Å²) in [6.07, 6.45) is 2.15. The third kappa shape index (κ3) is 8.45. The van der Waals surface area contributed by atoms with Gasteiger partial charge >= 0.3 is 13.3 Å². The second kappa shape index (κ2) is 12.2. The van der Waals surface area contributed by atoms with Gasteiger partial charge in [0.15, 0.2) is 0 Å². The van der Waals surface area contributed by atoms with Gasteiger partial charge in [-0.05, 0) is 36.8 Å². The fourth-order valence-electron chi connectivity index (χ4n) is 3.15. The number of carbonyl (C=O) groups is 1. The molecule has 35 heavy (non-hydrogen) atoms. The van der Waals surface area contributed by atoms with Gasteiger partial charge in [-0.25, -0.2) is 0 Å². The highest BCUT2D eigenvalue weighted by atomic mass is 32.2. The summed E-state index contributed by atoms with van der Waals surface area (Å²) in [5, 5.41) is 2.70. The summed E-state index contributed by atoms with van der Waals surface area (Å²) in [4.78, 5) is 30.5. The Labute approximate surface area is 203 Å². The summed E-state index contributed by atoms with van der Waals surface area (Å²) in [6, 6.07) is 12.6. The van der Waals surface area contributed by atoms with E-state index in [0.717, 1.165) is 29.3 Å². The first-order valence-electron chi connectivity index (χ1n) is 10.8. The molecular formula is C22H30F2N3O6PS. The van der Waals surface area contributed by atoms with Gasteiger partial charge < -0.3 is 15.1 Å². The zero-order valence-electron chi connectivity index (χ0n) is 19.4. The molecule has 0 radical (unpaired) electrons. The number of nitrogens with zero attached hydrogens (tertiary/aromatic N) is 1. The number of rotatable bonds is 13. The fourth-order valence-corrected chi connectivity index (χ4v) is 4.40. The lowest BCUT2D eigenvalue weighted by Crippen LogP contribution is -2.51. The van der Waals surface area contributed by atoms with Crippen LogP contribution in [0.15, 0.2) is 54.6 Å². The molecule has 2 aromatic rings. The molecule has 0 bridgehead atoms. The number of carbonyl (C=O) groups excluding carboxylic acids is 1. The molecule has 0 fully saturated rings. The quantitative estimate of drug-likeness (QED) is 0.231. The summed E-state index contributed by atoms with van der Waals surface area (Å²) < 4.78 is 66.6. The Kier molecular flexibility index (Phi) is 10.1. The van der Waals surface area contributed by atoms with Crippen molar-refractivity contribution < 1.29 is 36.3 Å². The predicted octanol–water partition coefficient (Wildman–Crippen LogP) is 2.36. The lowest BCUT2D eigenvalue weighted by atomic mass is 10.0. The molecule has 0 aliphatic heterocycles. The van der Waals surface area contributed by atoms with Crippen molar-refractivity contribution in [3.63, 3.8) is 0 Å². The highest BCUT2D eigenvalue weighted by molar-refractivity contribution is 7.87. The molecule has 4 N–H and O–H groups in total. The van der Waals surface area contributed by atoms with Crippen molar-refractivity contribution in [2.45, 2.75) is 37.4 Å². The molecule has 2 aromatic carbocycles. The lowest BCUT2D eigenvalue weighted by molar-refractivity contribution is -0.122. The van der Waals surface area contributed by atoms with Crippen LogP contribution in [0.4, 0.5) is 8.78 Å². The maximum absolute atomic E-state index is 13.9. The fraction of sp³-hybridized carbons (Fsp3) is 0.409. The summed E-state index contributed by atoms with van der Waals surface area (Å²) in [5.41, 5.74) is -3.76.